The van der Waals surface area contributed by atoms with Crippen LogP contribution >= 0.6 is 0 Å². The number of hydrogen-bond acceptors (Lipinski definition) is 8. The Bertz CT molecular complexity index is 1880. The summed E-state index contributed by atoms with van der Waals surface area (Å²) in [4.78, 5) is 67.1. The van der Waals surface area contributed by atoms with Gasteiger partial charge in [0.15, 0.2) is 11.6 Å². The Morgan fingerprint density at radius 2 is 1.49 bits per heavy atom. The maximum Gasteiger partial charge on any atom is 0.413 e. The minimum atomic E-state index is -0.697. The van der Waals surface area contributed by atoms with Gasteiger partial charge in [0.05, 0.1) is 11.4 Å². The number of aromatic nitrogens is 4. The Kier molecular flexibility index (Phi) is 11.1. The Balaban J connectivity index is 1.32. The Morgan fingerprint density at radius 1 is 0.796 bits per heavy atom. The molecule has 0 spiro atoms. The lowest BCUT2D eigenvalue weighted by Gasteiger charge is -2.18. The number of amides is 4. The molecule has 3 aromatic heterocycles. The zero-order chi connectivity index (χ0) is 35.9. The minimum Gasteiger partial charge on any atom is -0.445 e. The number of carbonyl (C=O) groups excluding carboxylic acids is 5. The maximum absolute atomic E-state index is 13.3. The van der Waals surface area contributed by atoms with E-state index < -0.39 is 23.7 Å². The van der Waals surface area contributed by atoms with Crippen molar-refractivity contribution in [3.63, 3.8) is 0 Å². The molecule has 15 heteroatoms. The highest BCUT2D eigenvalue weighted by atomic mass is 16.6. The van der Waals surface area contributed by atoms with Gasteiger partial charge in [-0.15, -0.1) is 0 Å². The van der Waals surface area contributed by atoms with Crippen LogP contribution in [0.3, 0.4) is 0 Å². The van der Waals surface area contributed by atoms with Crippen molar-refractivity contribution in [2.45, 2.75) is 39.3 Å². The van der Waals surface area contributed by atoms with Crippen LogP contribution < -0.4 is 21.3 Å². The van der Waals surface area contributed by atoms with Gasteiger partial charge in [-0.2, -0.15) is 0 Å². The standard InChI is InChI=1S/C34H40N8O7/c1-8-13-48-32(46)37-23-11-9-21(10-12-23)17-35-30(44)26-14-22(18-40(26)5)15-27(43)25-16-24(19-41(25)6)36-31(45)29-38-28(20-42(29)7)39-33(47)49-34(2,3)4/h8-12,14,16,18-20H,1,13,15,17H2,2-7H3,(H,35,44)(H,36,45)(H,37,46)(H,39,47). The third-order valence-electron chi connectivity index (χ3n) is 6.90. The molecular formula is C34H40N8O7. The van der Waals surface area contributed by atoms with Gasteiger partial charge in [-0.3, -0.25) is 25.0 Å². The third kappa shape index (κ3) is 9.93. The van der Waals surface area contributed by atoms with E-state index in [0.717, 1.165) is 5.56 Å². The van der Waals surface area contributed by atoms with E-state index in [2.05, 4.69) is 32.8 Å². The number of carbonyl (C=O) groups is 5. The average Bonchev–Trinajstić information content (AvgIpc) is 3.69. The number of nitrogens with zero attached hydrogens (tertiary/aromatic N) is 4. The first kappa shape index (κ1) is 35.7. The summed E-state index contributed by atoms with van der Waals surface area (Å²) in [5, 5.41) is 10.7. The van der Waals surface area contributed by atoms with Gasteiger partial charge < -0.3 is 33.8 Å². The van der Waals surface area contributed by atoms with E-state index in [9.17, 15) is 24.0 Å². The van der Waals surface area contributed by atoms with Gasteiger partial charge in [0, 0.05) is 58.4 Å². The van der Waals surface area contributed by atoms with Crippen LogP contribution in [-0.2, 0) is 43.6 Å². The number of Topliss-reactive ketones (excluding diaryl/α,β-unsaturated/α-hetero) is 1. The lowest BCUT2D eigenvalue weighted by Crippen LogP contribution is -2.27. The molecule has 0 fully saturated rings. The number of ether oxygens (including phenoxy) is 2. The summed E-state index contributed by atoms with van der Waals surface area (Å²) in [6.07, 6.45) is 5.01. The second-order valence-electron chi connectivity index (χ2n) is 12.2. The molecule has 4 rings (SSSR count). The highest BCUT2D eigenvalue weighted by Crippen LogP contribution is 2.19. The van der Waals surface area contributed by atoms with Gasteiger partial charge in [0.2, 0.25) is 5.82 Å². The van der Waals surface area contributed by atoms with E-state index >= 15 is 0 Å². The van der Waals surface area contributed by atoms with Crippen molar-refractivity contribution in [3.8, 4) is 0 Å². The molecule has 0 radical (unpaired) electrons. The van der Waals surface area contributed by atoms with Crippen LogP contribution in [0.25, 0.3) is 0 Å². The van der Waals surface area contributed by atoms with Crippen molar-refractivity contribution in [1.29, 1.82) is 0 Å². The topological polar surface area (TPSA) is 180 Å². The molecule has 49 heavy (non-hydrogen) atoms. The summed E-state index contributed by atoms with van der Waals surface area (Å²) in [6, 6.07) is 10.2. The Hall–Kier alpha value is -6.12. The zero-order valence-electron chi connectivity index (χ0n) is 28.2. The van der Waals surface area contributed by atoms with Crippen LogP contribution in [0.1, 0.15) is 63.5 Å². The van der Waals surface area contributed by atoms with Gasteiger partial charge in [-0.25, -0.2) is 14.6 Å². The zero-order valence-corrected chi connectivity index (χ0v) is 28.2. The molecule has 4 aromatic rings. The molecule has 0 saturated heterocycles. The molecule has 0 unspecified atom stereocenters. The number of benzene rings is 1. The van der Waals surface area contributed by atoms with Gasteiger partial charge in [0.1, 0.15) is 17.9 Å². The summed E-state index contributed by atoms with van der Waals surface area (Å²) in [6.45, 7) is 9.04. The van der Waals surface area contributed by atoms with Crippen LogP contribution in [-0.4, -0.2) is 60.7 Å². The number of imidazole rings is 1. The first-order valence-electron chi connectivity index (χ1n) is 15.2. The number of nitrogens with one attached hydrogen (secondary N) is 4. The molecule has 0 atom stereocenters. The first-order chi connectivity index (χ1) is 23.1. The van der Waals surface area contributed by atoms with Gasteiger partial charge in [-0.05, 0) is 56.2 Å². The predicted octanol–water partition coefficient (Wildman–Crippen LogP) is 4.79. The molecule has 0 aliphatic heterocycles. The molecule has 0 saturated carbocycles. The van der Waals surface area contributed by atoms with Gasteiger partial charge >= 0.3 is 12.2 Å². The van der Waals surface area contributed by atoms with E-state index in [1.54, 1.807) is 99.8 Å². The fourth-order valence-electron chi connectivity index (χ4n) is 4.74. The van der Waals surface area contributed by atoms with Crippen molar-refractivity contribution in [2.24, 2.45) is 21.1 Å². The lowest BCUT2D eigenvalue weighted by atomic mass is 10.1. The third-order valence-corrected chi connectivity index (χ3v) is 6.90. The highest BCUT2D eigenvalue weighted by molar-refractivity contribution is 6.04. The predicted molar refractivity (Wildman–Crippen MR) is 183 cm³/mol. The summed E-state index contributed by atoms with van der Waals surface area (Å²) in [5.74, 6) is -0.899. The monoisotopic (exact) mass is 672 g/mol. The molecule has 258 valence electrons. The van der Waals surface area contributed by atoms with Crippen molar-refractivity contribution in [3.05, 3.63) is 96.0 Å². The Morgan fingerprint density at radius 3 is 2.16 bits per heavy atom. The molecule has 0 bridgehead atoms. The molecule has 15 nitrogen and oxygen atoms in total. The van der Waals surface area contributed by atoms with Crippen LogP contribution in [0.5, 0.6) is 0 Å². The highest BCUT2D eigenvalue weighted by Gasteiger charge is 2.21. The van der Waals surface area contributed by atoms with Crippen molar-refractivity contribution < 1.29 is 33.4 Å². The van der Waals surface area contributed by atoms with Crippen LogP contribution in [0.15, 0.2) is 67.6 Å². The van der Waals surface area contributed by atoms with E-state index in [1.807, 2.05) is 0 Å². The number of ketones is 1. The lowest BCUT2D eigenvalue weighted by molar-refractivity contribution is 0.0634. The largest absolute Gasteiger partial charge is 0.445 e. The molecular weight excluding hydrogens is 632 g/mol. The molecule has 4 N–H and O–H groups in total. The molecule has 3 heterocycles. The minimum absolute atomic E-state index is 0.0229. The second-order valence-corrected chi connectivity index (χ2v) is 12.2. The number of rotatable bonds is 12. The van der Waals surface area contributed by atoms with E-state index in [0.29, 0.717) is 28.3 Å². The van der Waals surface area contributed by atoms with Crippen LogP contribution in [0, 0.1) is 0 Å². The number of anilines is 3. The summed E-state index contributed by atoms with van der Waals surface area (Å²) < 4.78 is 14.8. The summed E-state index contributed by atoms with van der Waals surface area (Å²) in [5.41, 5.74) is 2.41. The molecule has 0 aliphatic carbocycles. The van der Waals surface area contributed by atoms with Crippen LogP contribution in [0.2, 0.25) is 0 Å². The number of aryl methyl sites for hydroxylation is 3. The molecule has 0 aliphatic rings. The maximum atomic E-state index is 13.3. The Labute approximate surface area is 283 Å². The fourth-order valence-corrected chi connectivity index (χ4v) is 4.74. The van der Waals surface area contributed by atoms with Crippen molar-refractivity contribution >= 4 is 47.0 Å². The van der Waals surface area contributed by atoms with E-state index in [4.69, 9.17) is 9.47 Å². The smallest absolute Gasteiger partial charge is 0.413 e. The normalized spacial score (nSPS) is 11.0. The second kappa shape index (κ2) is 15.2. The molecule has 4 amide bonds. The van der Waals surface area contributed by atoms with Crippen LogP contribution in [0.4, 0.5) is 26.8 Å². The summed E-state index contributed by atoms with van der Waals surface area (Å²) in [7, 11) is 5.02. The fraction of sp³-hybridized carbons (Fsp3) is 0.294. The first-order valence-corrected chi connectivity index (χ1v) is 15.2. The van der Waals surface area contributed by atoms with Crippen molar-refractivity contribution in [1.82, 2.24) is 24.0 Å². The summed E-state index contributed by atoms with van der Waals surface area (Å²) >= 11 is 0. The van der Waals surface area contributed by atoms with E-state index in [-0.39, 0.29) is 42.9 Å². The quantitative estimate of drug-likeness (QED) is 0.123. The van der Waals surface area contributed by atoms with Gasteiger partial charge in [0.25, 0.3) is 11.8 Å². The average molecular weight is 673 g/mol. The van der Waals surface area contributed by atoms with E-state index in [1.165, 1.54) is 16.8 Å². The van der Waals surface area contributed by atoms with Crippen molar-refractivity contribution in [2.75, 3.05) is 22.6 Å². The molecule has 1 aromatic carbocycles. The SMILES string of the molecule is C=CCOC(=O)Nc1ccc(CNC(=O)c2cc(CC(=O)c3cc(NC(=O)c4nc(NC(=O)OC(C)(C)C)cn4C)cn3C)cn2C)cc1. The number of hydrogen-bond donors (Lipinski definition) is 4. The van der Waals surface area contributed by atoms with Gasteiger partial charge in [-0.1, -0.05) is 24.8 Å².